The Morgan fingerprint density at radius 1 is 1.11 bits per heavy atom. The summed E-state index contributed by atoms with van der Waals surface area (Å²) in [6.45, 7) is 0.0761. The van der Waals surface area contributed by atoms with E-state index in [4.69, 9.17) is 39.5 Å². The molecular formula is C19H18Cl3NO3S. The second-order valence-electron chi connectivity index (χ2n) is 5.67. The SMILES string of the molecule is CSCCC(NC(=O)c1ccc(Cl)cc1Cl)C(=O)OCc1cccc(Cl)c1. The van der Waals surface area contributed by atoms with E-state index in [0.29, 0.717) is 22.2 Å². The number of amides is 1. The molecule has 1 amide bonds. The summed E-state index contributed by atoms with van der Waals surface area (Å²) in [5, 5.41) is 3.90. The van der Waals surface area contributed by atoms with E-state index in [1.807, 2.05) is 12.3 Å². The number of halogens is 3. The number of rotatable bonds is 8. The lowest BCUT2D eigenvalue weighted by Crippen LogP contribution is -2.42. The second kappa shape index (κ2) is 10.8. The maximum Gasteiger partial charge on any atom is 0.329 e. The normalized spacial score (nSPS) is 11.7. The molecule has 0 aliphatic carbocycles. The third-order valence-electron chi connectivity index (χ3n) is 3.65. The molecule has 2 aromatic carbocycles. The fourth-order valence-electron chi connectivity index (χ4n) is 2.28. The first-order valence-corrected chi connectivity index (χ1v) is 10.6. The minimum absolute atomic E-state index is 0.0761. The number of carbonyl (C=O) groups is 2. The van der Waals surface area contributed by atoms with Crippen LogP contribution in [0, 0.1) is 0 Å². The highest BCUT2D eigenvalue weighted by atomic mass is 35.5. The van der Waals surface area contributed by atoms with Crippen molar-refractivity contribution < 1.29 is 14.3 Å². The maximum atomic E-state index is 12.5. The zero-order valence-corrected chi connectivity index (χ0v) is 17.6. The van der Waals surface area contributed by atoms with Gasteiger partial charge in [-0.3, -0.25) is 4.79 Å². The van der Waals surface area contributed by atoms with E-state index < -0.39 is 17.9 Å². The number of hydrogen-bond donors (Lipinski definition) is 1. The van der Waals surface area contributed by atoms with Crippen molar-refractivity contribution in [3.05, 3.63) is 68.7 Å². The third-order valence-corrected chi connectivity index (χ3v) is 5.07. The van der Waals surface area contributed by atoms with E-state index in [2.05, 4.69) is 5.32 Å². The number of nitrogens with one attached hydrogen (secondary N) is 1. The van der Waals surface area contributed by atoms with Crippen LogP contribution in [0.15, 0.2) is 42.5 Å². The van der Waals surface area contributed by atoms with E-state index in [1.54, 1.807) is 36.0 Å². The second-order valence-corrected chi connectivity index (χ2v) is 7.93. The molecule has 0 saturated carbocycles. The molecule has 0 aromatic heterocycles. The van der Waals surface area contributed by atoms with Crippen molar-refractivity contribution in [3.63, 3.8) is 0 Å². The Hall–Kier alpha value is -1.40. The van der Waals surface area contributed by atoms with Crippen molar-refractivity contribution in [1.82, 2.24) is 5.32 Å². The lowest BCUT2D eigenvalue weighted by Gasteiger charge is -2.18. The van der Waals surface area contributed by atoms with Crippen LogP contribution in [-0.4, -0.2) is 29.9 Å². The number of hydrogen-bond acceptors (Lipinski definition) is 4. The Labute approximate surface area is 177 Å². The van der Waals surface area contributed by atoms with Gasteiger partial charge >= 0.3 is 5.97 Å². The largest absolute Gasteiger partial charge is 0.459 e. The molecule has 0 aliphatic heterocycles. The Bertz CT molecular complexity index is 817. The van der Waals surface area contributed by atoms with Crippen molar-refractivity contribution in [2.24, 2.45) is 0 Å². The van der Waals surface area contributed by atoms with Gasteiger partial charge in [-0.15, -0.1) is 0 Å². The summed E-state index contributed by atoms with van der Waals surface area (Å²) in [4.78, 5) is 25.0. The van der Waals surface area contributed by atoms with Crippen LogP contribution in [-0.2, 0) is 16.1 Å². The fraction of sp³-hybridized carbons (Fsp3) is 0.263. The van der Waals surface area contributed by atoms with Gasteiger partial charge in [0.05, 0.1) is 10.6 Å². The lowest BCUT2D eigenvalue weighted by atomic mass is 10.1. The van der Waals surface area contributed by atoms with Crippen LogP contribution in [0.25, 0.3) is 0 Å². The number of esters is 1. The quantitative estimate of drug-likeness (QED) is 0.563. The average Bonchev–Trinajstić information content (AvgIpc) is 2.63. The van der Waals surface area contributed by atoms with Gasteiger partial charge in [-0.2, -0.15) is 11.8 Å². The molecule has 8 heteroatoms. The molecule has 2 aromatic rings. The molecule has 0 bridgehead atoms. The van der Waals surface area contributed by atoms with E-state index in [-0.39, 0.29) is 17.2 Å². The molecule has 0 radical (unpaired) electrons. The molecule has 0 fully saturated rings. The molecule has 0 saturated heterocycles. The third kappa shape index (κ3) is 6.92. The number of thioether (sulfide) groups is 1. The van der Waals surface area contributed by atoms with Gasteiger partial charge in [-0.05, 0) is 54.3 Å². The van der Waals surface area contributed by atoms with Crippen molar-refractivity contribution in [3.8, 4) is 0 Å². The van der Waals surface area contributed by atoms with Crippen LogP contribution in [0.5, 0.6) is 0 Å². The molecule has 1 unspecified atom stereocenters. The highest BCUT2D eigenvalue weighted by Gasteiger charge is 2.23. The van der Waals surface area contributed by atoms with Crippen LogP contribution in [0.1, 0.15) is 22.3 Å². The average molecular weight is 447 g/mol. The minimum atomic E-state index is -0.782. The highest BCUT2D eigenvalue weighted by molar-refractivity contribution is 7.98. The van der Waals surface area contributed by atoms with Gasteiger partial charge in [-0.25, -0.2) is 4.79 Å². The van der Waals surface area contributed by atoms with Crippen LogP contribution >= 0.6 is 46.6 Å². The zero-order valence-electron chi connectivity index (χ0n) is 14.5. The first kappa shape index (κ1) is 21.9. The summed E-state index contributed by atoms with van der Waals surface area (Å²) in [7, 11) is 0. The van der Waals surface area contributed by atoms with Gasteiger partial charge in [0.1, 0.15) is 12.6 Å². The summed E-state index contributed by atoms with van der Waals surface area (Å²) in [5.74, 6) is -0.282. The molecule has 0 aliphatic rings. The summed E-state index contributed by atoms with van der Waals surface area (Å²) < 4.78 is 5.35. The monoisotopic (exact) mass is 445 g/mol. The number of carbonyl (C=O) groups excluding carboxylic acids is 2. The summed E-state index contributed by atoms with van der Waals surface area (Å²) >= 11 is 19.4. The Balaban J connectivity index is 2.04. The van der Waals surface area contributed by atoms with Gasteiger partial charge in [0.25, 0.3) is 5.91 Å². The minimum Gasteiger partial charge on any atom is -0.459 e. The fourth-order valence-corrected chi connectivity index (χ4v) is 3.45. The van der Waals surface area contributed by atoms with Gasteiger partial charge in [0, 0.05) is 10.0 Å². The Kier molecular flexibility index (Phi) is 8.77. The Morgan fingerprint density at radius 2 is 1.85 bits per heavy atom. The molecule has 144 valence electrons. The van der Waals surface area contributed by atoms with E-state index in [0.717, 1.165) is 5.56 Å². The molecule has 0 heterocycles. The first-order valence-electron chi connectivity index (χ1n) is 8.06. The predicted molar refractivity (Wildman–Crippen MR) is 112 cm³/mol. The molecule has 27 heavy (non-hydrogen) atoms. The molecule has 2 rings (SSSR count). The molecule has 1 N–H and O–H groups in total. The first-order chi connectivity index (χ1) is 12.9. The van der Waals surface area contributed by atoms with Crippen molar-refractivity contribution in [1.29, 1.82) is 0 Å². The van der Waals surface area contributed by atoms with Gasteiger partial charge in [-0.1, -0.05) is 46.9 Å². The predicted octanol–water partition coefficient (Wildman–Crippen LogP) is 5.24. The number of ether oxygens (including phenoxy) is 1. The van der Waals surface area contributed by atoms with E-state index >= 15 is 0 Å². The topological polar surface area (TPSA) is 55.4 Å². The van der Waals surface area contributed by atoms with Gasteiger partial charge in [0.2, 0.25) is 0 Å². The van der Waals surface area contributed by atoms with Gasteiger partial charge < -0.3 is 10.1 Å². The molecule has 1 atom stereocenters. The highest BCUT2D eigenvalue weighted by Crippen LogP contribution is 2.21. The zero-order chi connectivity index (χ0) is 19.8. The lowest BCUT2D eigenvalue weighted by molar-refractivity contribution is -0.147. The molecule has 0 spiro atoms. The van der Waals surface area contributed by atoms with Crippen molar-refractivity contribution in [2.75, 3.05) is 12.0 Å². The molecular weight excluding hydrogens is 429 g/mol. The standard InChI is InChI=1S/C19H18Cl3NO3S/c1-27-8-7-17(19(25)26-11-12-3-2-4-13(20)9-12)23-18(24)15-6-5-14(21)10-16(15)22/h2-6,9-10,17H,7-8,11H2,1H3,(H,23,24). The van der Waals surface area contributed by atoms with Crippen LogP contribution < -0.4 is 5.32 Å². The van der Waals surface area contributed by atoms with E-state index in [9.17, 15) is 9.59 Å². The van der Waals surface area contributed by atoms with Crippen molar-refractivity contribution >= 4 is 58.4 Å². The van der Waals surface area contributed by atoms with Crippen LogP contribution in [0.3, 0.4) is 0 Å². The molecule has 4 nitrogen and oxygen atoms in total. The van der Waals surface area contributed by atoms with Crippen molar-refractivity contribution in [2.45, 2.75) is 19.1 Å². The summed E-state index contributed by atoms with van der Waals surface area (Å²) in [6, 6.07) is 10.8. The van der Waals surface area contributed by atoms with Gasteiger partial charge in [0.15, 0.2) is 0 Å². The van der Waals surface area contributed by atoms with Crippen LogP contribution in [0.4, 0.5) is 0 Å². The van der Waals surface area contributed by atoms with Crippen LogP contribution in [0.2, 0.25) is 15.1 Å². The Morgan fingerprint density at radius 3 is 2.52 bits per heavy atom. The maximum absolute atomic E-state index is 12.5. The smallest absolute Gasteiger partial charge is 0.329 e. The summed E-state index contributed by atoms with van der Waals surface area (Å²) in [5.41, 5.74) is 1.02. The number of benzene rings is 2. The van der Waals surface area contributed by atoms with E-state index in [1.165, 1.54) is 12.1 Å². The summed E-state index contributed by atoms with van der Waals surface area (Å²) in [6.07, 6.45) is 2.36.